The van der Waals surface area contributed by atoms with Gasteiger partial charge in [0.1, 0.15) is 12.7 Å². The number of carbonyl (C=O) groups excluding carboxylic acids is 1. The molecule has 0 spiro atoms. The Morgan fingerprint density at radius 2 is 2.06 bits per heavy atom. The molecular weight excluding hydrogens is 321 g/mol. The molecule has 1 unspecified atom stereocenters. The second kappa shape index (κ2) is 4.78. The maximum Gasteiger partial charge on any atom is 0.308 e. The fraction of sp³-hybridized carbons (Fsp3) is 0.909. The van der Waals surface area contributed by atoms with E-state index >= 15 is 0 Å². The van der Waals surface area contributed by atoms with E-state index in [1.807, 2.05) is 13.8 Å². The van der Waals surface area contributed by atoms with Crippen molar-refractivity contribution in [3.05, 3.63) is 0 Å². The first-order chi connectivity index (χ1) is 7.17. The van der Waals surface area contributed by atoms with Gasteiger partial charge < -0.3 is 15.2 Å². The number of halogens is 1. The van der Waals surface area contributed by atoms with Crippen LogP contribution in [0.25, 0.3) is 0 Å². The molecule has 2 atom stereocenters. The van der Waals surface area contributed by atoms with Crippen molar-refractivity contribution < 1.29 is 14.3 Å². The van der Waals surface area contributed by atoms with Gasteiger partial charge >= 0.3 is 5.97 Å². The molecule has 94 valence electrons. The number of esters is 1. The first kappa shape index (κ1) is 14.2. The predicted octanol–water partition coefficient (Wildman–Crippen LogP) is 1.84. The summed E-state index contributed by atoms with van der Waals surface area (Å²) in [4.78, 5) is 11.0. The molecule has 16 heavy (non-hydrogen) atoms. The first-order valence-electron chi connectivity index (χ1n) is 5.40. The molecule has 1 aliphatic rings. The highest BCUT2D eigenvalue weighted by Crippen LogP contribution is 2.40. The molecule has 0 radical (unpaired) electrons. The number of rotatable bonds is 4. The van der Waals surface area contributed by atoms with Crippen LogP contribution in [0, 0.1) is 5.41 Å². The van der Waals surface area contributed by atoms with Crippen LogP contribution < -0.4 is 5.73 Å². The maximum atomic E-state index is 11.0. The summed E-state index contributed by atoms with van der Waals surface area (Å²) in [6, 6.07) is 0. The maximum absolute atomic E-state index is 11.0. The lowest BCUT2D eigenvalue weighted by Gasteiger charge is -2.44. The molecule has 0 aromatic heterocycles. The smallest absolute Gasteiger partial charge is 0.308 e. The zero-order chi connectivity index (χ0) is 12.6. The molecule has 1 saturated heterocycles. The average molecular weight is 341 g/mol. The van der Waals surface area contributed by atoms with E-state index in [4.69, 9.17) is 15.2 Å². The van der Waals surface area contributed by atoms with Gasteiger partial charge in [-0.05, 0) is 13.8 Å². The molecule has 1 heterocycles. The monoisotopic (exact) mass is 341 g/mol. The van der Waals surface area contributed by atoms with E-state index in [1.165, 1.54) is 0 Å². The zero-order valence-corrected chi connectivity index (χ0v) is 12.4. The van der Waals surface area contributed by atoms with E-state index in [-0.39, 0.29) is 21.5 Å². The van der Waals surface area contributed by atoms with Crippen LogP contribution in [0.4, 0.5) is 0 Å². The Kier molecular flexibility index (Phi) is 4.23. The molecule has 0 bridgehead atoms. The molecule has 2 N–H and O–H groups in total. The van der Waals surface area contributed by atoms with Crippen LogP contribution in [0.2, 0.25) is 0 Å². The highest BCUT2D eigenvalue weighted by Gasteiger charge is 2.44. The van der Waals surface area contributed by atoms with E-state index in [9.17, 15) is 4.79 Å². The highest BCUT2D eigenvalue weighted by atomic mass is 127. The number of hydrogen-bond acceptors (Lipinski definition) is 4. The van der Waals surface area contributed by atoms with Crippen molar-refractivity contribution in [2.45, 2.75) is 49.9 Å². The summed E-state index contributed by atoms with van der Waals surface area (Å²) in [7, 11) is 0. The van der Waals surface area contributed by atoms with Crippen LogP contribution in [0.3, 0.4) is 0 Å². The van der Waals surface area contributed by atoms with Gasteiger partial charge in [0.05, 0.1) is 16.1 Å². The number of alkyl halides is 1. The summed E-state index contributed by atoms with van der Waals surface area (Å²) in [5.74, 6) is -0.183. The van der Waals surface area contributed by atoms with E-state index in [0.717, 1.165) is 0 Å². The summed E-state index contributed by atoms with van der Waals surface area (Å²) < 4.78 is 10.8. The summed E-state index contributed by atoms with van der Waals surface area (Å²) in [6.07, 6.45) is 0.202. The second-order valence-corrected chi connectivity index (χ2v) is 6.60. The van der Waals surface area contributed by atoms with Gasteiger partial charge in [-0.2, -0.15) is 0 Å². The van der Waals surface area contributed by atoms with Gasteiger partial charge in [0.2, 0.25) is 0 Å². The van der Waals surface area contributed by atoms with Crippen molar-refractivity contribution in [1.29, 1.82) is 0 Å². The molecule has 1 aliphatic heterocycles. The normalized spacial score (nSPS) is 24.4. The Labute approximate surface area is 110 Å². The van der Waals surface area contributed by atoms with Crippen LogP contribution in [-0.2, 0) is 14.3 Å². The van der Waals surface area contributed by atoms with Gasteiger partial charge in [-0.1, -0.05) is 36.4 Å². The van der Waals surface area contributed by atoms with E-state index < -0.39 is 5.60 Å². The van der Waals surface area contributed by atoms with Crippen LogP contribution in [0.5, 0.6) is 0 Å². The minimum Gasteiger partial charge on any atom is -0.463 e. The Balaban J connectivity index is 2.67. The summed E-state index contributed by atoms with van der Waals surface area (Å²) in [5, 5.41) is 0. The van der Waals surface area contributed by atoms with Gasteiger partial charge in [0.15, 0.2) is 0 Å². The van der Waals surface area contributed by atoms with Crippen LogP contribution >= 0.6 is 22.6 Å². The number of ether oxygens (including phenoxy) is 2. The van der Waals surface area contributed by atoms with Crippen molar-refractivity contribution in [2.75, 3.05) is 6.61 Å². The molecular formula is C11H20INO3. The predicted molar refractivity (Wildman–Crippen MR) is 70.3 cm³/mol. The lowest BCUT2D eigenvalue weighted by Crippen LogP contribution is -2.51. The third-order valence-electron chi connectivity index (χ3n) is 3.53. The van der Waals surface area contributed by atoms with Crippen LogP contribution in [0.15, 0.2) is 0 Å². The summed E-state index contributed by atoms with van der Waals surface area (Å²) in [5.41, 5.74) is 5.39. The third kappa shape index (κ3) is 2.87. The molecule has 4 nitrogen and oxygen atoms in total. The van der Waals surface area contributed by atoms with E-state index in [2.05, 4.69) is 36.4 Å². The SMILES string of the molecule is CC(C)(O[C@H]1COC(=O)C1)C(C)(C)C(N)I. The largest absolute Gasteiger partial charge is 0.463 e. The topological polar surface area (TPSA) is 61.5 Å². The molecule has 0 aromatic carbocycles. The van der Waals surface area contributed by atoms with Crippen molar-refractivity contribution in [2.24, 2.45) is 11.1 Å². The number of nitrogens with two attached hydrogens (primary N) is 1. The molecule has 0 aliphatic carbocycles. The first-order valence-corrected chi connectivity index (χ1v) is 6.64. The minimum atomic E-state index is -0.397. The number of hydrogen-bond donors (Lipinski definition) is 1. The molecule has 0 amide bonds. The van der Waals surface area contributed by atoms with Crippen LogP contribution in [0.1, 0.15) is 34.1 Å². The molecule has 1 rings (SSSR count). The third-order valence-corrected chi connectivity index (χ3v) is 5.08. The van der Waals surface area contributed by atoms with Crippen molar-refractivity contribution in [3.63, 3.8) is 0 Å². The average Bonchev–Trinajstić information content (AvgIpc) is 2.49. The van der Waals surface area contributed by atoms with Gasteiger partial charge in [-0.15, -0.1) is 0 Å². The number of cyclic esters (lactones) is 1. The van der Waals surface area contributed by atoms with Crippen molar-refractivity contribution in [3.8, 4) is 0 Å². The van der Waals surface area contributed by atoms with Gasteiger partial charge in [0, 0.05) is 5.41 Å². The minimum absolute atomic E-state index is 0.0156. The highest BCUT2D eigenvalue weighted by molar-refractivity contribution is 14.1. The fourth-order valence-corrected chi connectivity index (χ4v) is 2.22. The molecule has 1 fully saturated rings. The molecule has 0 aromatic rings. The zero-order valence-electron chi connectivity index (χ0n) is 10.2. The van der Waals surface area contributed by atoms with Gasteiger partial charge in [-0.25, -0.2) is 0 Å². The Bertz CT molecular complexity index is 276. The fourth-order valence-electron chi connectivity index (χ4n) is 1.47. The van der Waals surface area contributed by atoms with Crippen LogP contribution in [-0.4, -0.2) is 28.3 Å². The summed E-state index contributed by atoms with van der Waals surface area (Å²) in [6.45, 7) is 8.51. The van der Waals surface area contributed by atoms with Crippen molar-refractivity contribution in [1.82, 2.24) is 0 Å². The Hall–Kier alpha value is 0.120. The lowest BCUT2D eigenvalue weighted by molar-refractivity contribution is -0.138. The quantitative estimate of drug-likeness (QED) is 0.367. The van der Waals surface area contributed by atoms with E-state index in [0.29, 0.717) is 13.0 Å². The van der Waals surface area contributed by atoms with Gasteiger partial charge in [-0.3, -0.25) is 4.79 Å². The number of carbonyl (C=O) groups is 1. The second-order valence-electron chi connectivity index (χ2n) is 5.26. The standard InChI is InChI=1S/C11H20INO3/c1-10(2,9(12)13)11(3,4)16-7-5-8(14)15-6-7/h7,9H,5-6,13H2,1-4H3/t7-,9?/m1/s1. The Morgan fingerprint density at radius 3 is 2.44 bits per heavy atom. The van der Waals surface area contributed by atoms with Crippen molar-refractivity contribution >= 4 is 28.6 Å². The van der Waals surface area contributed by atoms with E-state index in [1.54, 1.807) is 0 Å². The molecule has 0 saturated carbocycles. The summed E-state index contributed by atoms with van der Waals surface area (Å²) >= 11 is 2.20. The van der Waals surface area contributed by atoms with Gasteiger partial charge in [0.25, 0.3) is 0 Å². The molecule has 5 heteroatoms. The lowest BCUT2D eigenvalue weighted by atomic mass is 9.77. The Morgan fingerprint density at radius 1 is 1.50 bits per heavy atom.